The van der Waals surface area contributed by atoms with Crippen LogP contribution in [0.4, 0.5) is 0 Å². The van der Waals surface area contributed by atoms with Gasteiger partial charge in [0.25, 0.3) is 0 Å². The fourth-order valence-corrected chi connectivity index (χ4v) is 0. The van der Waals surface area contributed by atoms with Gasteiger partial charge in [0.15, 0.2) is 0 Å². The van der Waals surface area contributed by atoms with Crippen LogP contribution in [0.15, 0.2) is 0 Å². The first-order valence-electron chi connectivity index (χ1n) is 0. The molecule has 0 aliphatic carbocycles. The fourth-order valence-electron chi connectivity index (χ4n) is 0. The van der Waals surface area contributed by atoms with Gasteiger partial charge in [-0.05, 0) is 0 Å². The Morgan fingerprint density at radius 2 is 0.625 bits per heavy atom. The van der Waals surface area contributed by atoms with E-state index in [2.05, 4.69) is 0 Å². The smallest absolute Gasteiger partial charge is 1.00 e. The molecule has 0 aromatic carbocycles. The van der Waals surface area contributed by atoms with Gasteiger partial charge in [-0.25, -0.2) is 0 Å². The molecule has 0 nitrogen and oxygen atoms in total. The number of halogens is 4. The van der Waals surface area contributed by atoms with Crippen molar-refractivity contribution in [3.63, 3.8) is 0 Å². The van der Waals surface area contributed by atoms with Gasteiger partial charge < -0.3 is 1.43 Å². The molecule has 0 saturated carbocycles. The van der Waals surface area contributed by atoms with Crippen molar-refractivity contribution in [2.75, 3.05) is 0 Å². The molecule has 56 valence electrons. The van der Waals surface area contributed by atoms with Crippen LogP contribution in [0.3, 0.4) is 0 Å². The Bertz CT molecular complexity index is 18.5. The van der Waals surface area contributed by atoms with E-state index in [0.29, 0.717) is 0 Å². The van der Waals surface area contributed by atoms with E-state index in [0.717, 1.165) is 0 Å². The third kappa shape index (κ3) is 38.4. The molecule has 0 atom stereocenters. The van der Waals surface area contributed by atoms with Gasteiger partial charge in [-0.2, -0.15) is 0 Å². The minimum Gasteiger partial charge on any atom is -1.00 e. The number of hydrogen-bond donors (Lipinski definition) is 0. The molecule has 0 fully saturated rings. The Morgan fingerprint density at radius 1 is 0.625 bits per heavy atom. The first kappa shape index (κ1) is 60.6. The van der Waals surface area contributed by atoms with Gasteiger partial charge in [0.1, 0.15) is 0 Å². The largest absolute Gasteiger partial charge is 1.00 e. The van der Waals surface area contributed by atoms with E-state index in [4.69, 9.17) is 0 Å². The summed E-state index contributed by atoms with van der Waals surface area (Å²) in [5.41, 5.74) is 0. The molecule has 0 aliphatic rings. The molecule has 0 amide bonds. The summed E-state index contributed by atoms with van der Waals surface area (Å²) in [6.07, 6.45) is 0. The summed E-state index contributed by atoms with van der Waals surface area (Å²) in [4.78, 5) is 0. The fraction of sp³-hybridized carbons (Fsp3) is 0. The molecule has 8 heavy (non-hydrogen) atoms. The van der Waals surface area contributed by atoms with Gasteiger partial charge >= 0.3 is 51.4 Å². The second kappa shape index (κ2) is 48.7. The quantitative estimate of drug-likeness (QED) is 0.229. The van der Waals surface area contributed by atoms with Crippen molar-refractivity contribution in [3.05, 3.63) is 0 Å². The maximum Gasteiger partial charge on any atom is 1.00 e. The van der Waals surface area contributed by atoms with Gasteiger partial charge in [0.05, 0.1) is 0 Å². The van der Waals surface area contributed by atoms with Crippen LogP contribution in [-0.2, 0) is 69.8 Å². The van der Waals surface area contributed by atoms with Crippen LogP contribution in [0.2, 0.25) is 0 Å². The minimum absolute atomic E-state index is 0. The van der Waals surface area contributed by atoms with E-state index in [-0.39, 0.29) is 219 Å². The van der Waals surface area contributed by atoms with Gasteiger partial charge in [-0.15, -0.1) is 95.9 Å². The minimum atomic E-state index is 0. The molecular formula is H5HgI4KPt2. The third-order valence-corrected chi connectivity index (χ3v) is 0. The zero-order valence-electron chi connectivity index (χ0n) is 4.97. The molecule has 0 saturated heterocycles. The van der Waals surface area contributed by atoms with Gasteiger partial charge in [-0.1, -0.05) is 0 Å². The maximum absolute atomic E-state index is 0. The third-order valence-electron chi connectivity index (χ3n) is 0. The maximum atomic E-state index is 0. The summed E-state index contributed by atoms with van der Waals surface area (Å²) < 4.78 is 0. The summed E-state index contributed by atoms with van der Waals surface area (Å²) >= 11 is 0. The predicted octanol–water partition coefficient (Wildman–Crippen LogP) is -0.419. The standard InChI is InChI=1S/Hg.4HI.K.2Pt.H/h;4*1H;;;;/q;;;;;+1;;;-1. The Morgan fingerprint density at radius 3 is 0.625 bits per heavy atom. The summed E-state index contributed by atoms with van der Waals surface area (Å²) in [7, 11) is 0. The molecule has 0 unspecified atom stereocenters. The van der Waals surface area contributed by atoms with E-state index >= 15 is 0 Å². The zero-order valence-corrected chi connectivity index (χ0v) is 26.5. The predicted molar refractivity (Wildman–Crippen MR) is 62.8 cm³/mol. The topological polar surface area (TPSA) is 0 Å². The molecule has 0 aromatic heterocycles. The van der Waals surface area contributed by atoms with E-state index < -0.39 is 0 Å². The molecule has 0 radical (unpaired) electrons. The van der Waals surface area contributed by atoms with Gasteiger partial charge in [0.2, 0.25) is 0 Å². The summed E-state index contributed by atoms with van der Waals surface area (Å²) in [6, 6.07) is 0. The van der Waals surface area contributed by atoms with Crippen molar-refractivity contribution in [2.24, 2.45) is 0 Å². The van der Waals surface area contributed by atoms with Crippen LogP contribution in [0, 0.1) is 0 Å². The second-order valence-electron chi connectivity index (χ2n) is 0. The summed E-state index contributed by atoms with van der Waals surface area (Å²) in [5.74, 6) is 0. The van der Waals surface area contributed by atoms with Crippen molar-refractivity contribution in [1.29, 1.82) is 0 Å². The summed E-state index contributed by atoms with van der Waals surface area (Å²) in [6.45, 7) is 0. The normalized spacial score (nSPS) is 0. The van der Waals surface area contributed by atoms with Gasteiger partial charge in [-0.3, -0.25) is 0 Å². The van der Waals surface area contributed by atoms with E-state index in [1.165, 1.54) is 0 Å². The average molecular weight is 1140 g/mol. The van der Waals surface area contributed by atoms with Crippen LogP contribution >= 0.6 is 95.9 Å². The first-order valence-corrected chi connectivity index (χ1v) is 0. The Labute approximate surface area is 212 Å². The molecule has 0 aliphatic heterocycles. The van der Waals surface area contributed by atoms with Crippen molar-refractivity contribution >= 4 is 95.9 Å². The van der Waals surface area contributed by atoms with Gasteiger partial charge in [0, 0.05) is 69.8 Å². The van der Waals surface area contributed by atoms with E-state index in [1.54, 1.807) is 0 Å². The van der Waals surface area contributed by atoms with Crippen LogP contribution in [0.1, 0.15) is 1.43 Å². The first-order chi connectivity index (χ1) is 0. The monoisotopic (exact) mass is 1140 g/mol. The van der Waals surface area contributed by atoms with Crippen molar-refractivity contribution in [2.45, 2.75) is 0 Å². The van der Waals surface area contributed by atoms with Crippen LogP contribution < -0.4 is 51.4 Å². The molecule has 0 heterocycles. The molecule has 0 spiro atoms. The van der Waals surface area contributed by atoms with Crippen LogP contribution in [0.25, 0.3) is 0 Å². The Balaban J connectivity index is 0. The van der Waals surface area contributed by atoms with Crippen molar-refractivity contribution < 1.29 is 123 Å². The molecule has 0 N–H and O–H groups in total. The number of rotatable bonds is 0. The second-order valence-corrected chi connectivity index (χ2v) is 0. The molecule has 0 bridgehead atoms. The van der Waals surface area contributed by atoms with Crippen molar-refractivity contribution in [3.8, 4) is 0 Å². The summed E-state index contributed by atoms with van der Waals surface area (Å²) in [5, 5.41) is 0. The molecular weight excluding hydrogens is 1140 g/mol. The van der Waals surface area contributed by atoms with Crippen LogP contribution in [0.5, 0.6) is 0 Å². The van der Waals surface area contributed by atoms with Crippen molar-refractivity contribution in [1.82, 2.24) is 0 Å². The number of hydrogen-bond acceptors (Lipinski definition) is 0. The SMILES string of the molecule is I.I.I.I.[H-].[Hg].[K+].[Pt].[Pt]. The van der Waals surface area contributed by atoms with E-state index in [9.17, 15) is 0 Å². The van der Waals surface area contributed by atoms with Crippen LogP contribution in [-0.4, -0.2) is 0 Å². The average Bonchev–Trinajstić information content (AvgIpc) is 0. The van der Waals surface area contributed by atoms with E-state index in [1.807, 2.05) is 0 Å². The Hall–Kier alpha value is 6.87. The Kier molecular flexibility index (Phi) is 369. The zero-order chi connectivity index (χ0) is 0. The molecule has 0 rings (SSSR count). The molecule has 8 heteroatoms. The molecule has 0 aromatic rings.